The molecule has 0 amide bonds. The summed E-state index contributed by atoms with van der Waals surface area (Å²) in [5.74, 6) is 0.602. The van der Waals surface area contributed by atoms with Gasteiger partial charge in [-0.1, -0.05) is 13.0 Å². The van der Waals surface area contributed by atoms with Crippen molar-refractivity contribution in [2.45, 2.75) is 38.6 Å². The Bertz CT molecular complexity index is 426. The summed E-state index contributed by atoms with van der Waals surface area (Å²) >= 11 is 0. The molecule has 18 heavy (non-hydrogen) atoms. The summed E-state index contributed by atoms with van der Waals surface area (Å²) in [7, 11) is 2.01. The third-order valence-corrected chi connectivity index (χ3v) is 3.85. The SMILES string of the molecule is CC1CCC(N(C)c2cccc(C(=O)O)n2)CC1. The minimum absolute atomic E-state index is 0.114. The molecule has 0 aromatic carbocycles. The molecule has 0 radical (unpaired) electrons. The standard InChI is InChI=1S/C14H20N2O2/c1-10-6-8-11(9-7-10)16(2)13-5-3-4-12(15-13)14(17)18/h3-5,10-11H,6-9H2,1-2H3,(H,17,18). The Hall–Kier alpha value is -1.58. The molecule has 4 heteroatoms. The van der Waals surface area contributed by atoms with Crippen LogP contribution in [-0.4, -0.2) is 29.1 Å². The highest BCUT2D eigenvalue weighted by Crippen LogP contribution is 2.28. The summed E-state index contributed by atoms with van der Waals surface area (Å²) in [6.45, 7) is 2.29. The molecule has 0 saturated heterocycles. The molecule has 1 aliphatic rings. The number of nitrogens with zero attached hydrogens (tertiary/aromatic N) is 2. The van der Waals surface area contributed by atoms with Crippen LogP contribution in [0.2, 0.25) is 0 Å². The lowest BCUT2D eigenvalue weighted by atomic mass is 9.87. The summed E-state index contributed by atoms with van der Waals surface area (Å²) in [4.78, 5) is 17.2. The van der Waals surface area contributed by atoms with E-state index in [-0.39, 0.29) is 5.69 Å². The van der Waals surface area contributed by atoms with E-state index >= 15 is 0 Å². The molecule has 1 N–H and O–H groups in total. The van der Waals surface area contributed by atoms with Crippen LogP contribution in [0.1, 0.15) is 43.1 Å². The van der Waals surface area contributed by atoms with Crippen LogP contribution in [-0.2, 0) is 0 Å². The van der Waals surface area contributed by atoms with Crippen molar-refractivity contribution in [2.24, 2.45) is 5.92 Å². The number of aromatic carboxylic acids is 1. The zero-order valence-electron chi connectivity index (χ0n) is 11.0. The van der Waals surface area contributed by atoms with Crippen LogP contribution < -0.4 is 4.90 Å². The molecular weight excluding hydrogens is 228 g/mol. The van der Waals surface area contributed by atoms with Gasteiger partial charge in [-0.3, -0.25) is 0 Å². The molecule has 4 nitrogen and oxygen atoms in total. The fraction of sp³-hybridized carbons (Fsp3) is 0.571. The Balaban J connectivity index is 2.10. The van der Waals surface area contributed by atoms with Gasteiger partial charge >= 0.3 is 5.97 Å². The summed E-state index contributed by atoms with van der Waals surface area (Å²) in [5, 5.41) is 8.96. The van der Waals surface area contributed by atoms with E-state index in [0.717, 1.165) is 24.6 Å². The van der Waals surface area contributed by atoms with Crippen LogP contribution in [0.5, 0.6) is 0 Å². The van der Waals surface area contributed by atoms with Crippen molar-refractivity contribution in [3.05, 3.63) is 23.9 Å². The van der Waals surface area contributed by atoms with Crippen molar-refractivity contribution < 1.29 is 9.90 Å². The molecule has 0 atom stereocenters. The van der Waals surface area contributed by atoms with Gasteiger partial charge in [0.2, 0.25) is 0 Å². The van der Waals surface area contributed by atoms with E-state index in [0.29, 0.717) is 6.04 Å². The van der Waals surface area contributed by atoms with Gasteiger partial charge in [-0.05, 0) is 43.7 Å². The first-order valence-electron chi connectivity index (χ1n) is 6.51. The monoisotopic (exact) mass is 248 g/mol. The topological polar surface area (TPSA) is 53.4 Å². The first-order chi connectivity index (χ1) is 8.58. The number of pyridine rings is 1. The van der Waals surface area contributed by atoms with Gasteiger partial charge in [-0.15, -0.1) is 0 Å². The summed E-state index contributed by atoms with van der Waals surface area (Å²) < 4.78 is 0. The van der Waals surface area contributed by atoms with Crippen molar-refractivity contribution >= 4 is 11.8 Å². The van der Waals surface area contributed by atoms with E-state index in [1.807, 2.05) is 13.1 Å². The van der Waals surface area contributed by atoms with Crippen LogP contribution in [0.15, 0.2) is 18.2 Å². The highest BCUT2D eigenvalue weighted by molar-refractivity contribution is 5.85. The molecule has 98 valence electrons. The van der Waals surface area contributed by atoms with Crippen molar-refractivity contribution in [3.8, 4) is 0 Å². The van der Waals surface area contributed by atoms with Crippen LogP contribution in [0, 0.1) is 5.92 Å². The zero-order valence-corrected chi connectivity index (χ0v) is 11.0. The number of hydrogen-bond donors (Lipinski definition) is 1. The zero-order chi connectivity index (χ0) is 13.1. The second kappa shape index (κ2) is 5.38. The van der Waals surface area contributed by atoms with Gasteiger partial charge in [0.1, 0.15) is 5.82 Å². The molecule has 1 heterocycles. The predicted molar refractivity (Wildman–Crippen MR) is 71.0 cm³/mol. The maximum atomic E-state index is 10.9. The third kappa shape index (κ3) is 2.81. The summed E-state index contributed by atoms with van der Waals surface area (Å²) in [6.07, 6.45) is 4.81. The summed E-state index contributed by atoms with van der Waals surface area (Å²) in [5.41, 5.74) is 0.114. The van der Waals surface area contributed by atoms with E-state index in [1.54, 1.807) is 6.07 Å². The van der Waals surface area contributed by atoms with E-state index < -0.39 is 5.97 Å². The lowest BCUT2D eigenvalue weighted by Gasteiger charge is -2.34. The number of anilines is 1. The van der Waals surface area contributed by atoms with Gasteiger partial charge in [0.15, 0.2) is 5.69 Å². The lowest BCUT2D eigenvalue weighted by Crippen LogP contribution is -2.35. The molecule has 1 fully saturated rings. The Morgan fingerprint density at radius 1 is 1.33 bits per heavy atom. The average molecular weight is 248 g/mol. The van der Waals surface area contributed by atoms with Crippen molar-refractivity contribution in [1.29, 1.82) is 0 Å². The predicted octanol–water partition coefficient (Wildman–Crippen LogP) is 2.79. The highest BCUT2D eigenvalue weighted by atomic mass is 16.4. The fourth-order valence-electron chi connectivity index (χ4n) is 2.56. The second-order valence-corrected chi connectivity index (χ2v) is 5.21. The number of carboxylic acids is 1. The minimum atomic E-state index is -0.970. The van der Waals surface area contributed by atoms with E-state index in [2.05, 4.69) is 16.8 Å². The number of rotatable bonds is 3. The largest absolute Gasteiger partial charge is 0.477 e. The maximum absolute atomic E-state index is 10.9. The molecule has 0 aliphatic heterocycles. The van der Waals surface area contributed by atoms with Gasteiger partial charge in [-0.25, -0.2) is 9.78 Å². The van der Waals surface area contributed by atoms with Gasteiger partial charge in [0, 0.05) is 13.1 Å². The van der Waals surface area contributed by atoms with E-state index in [4.69, 9.17) is 5.11 Å². The van der Waals surface area contributed by atoms with Crippen LogP contribution in [0.4, 0.5) is 5.82 Å². The molecule has 0 spiro atoms. The minimum Gasteiger partial charge on any atom is -0.477 e. The fourth-order valence-corrected chi connectivity index (χ4v) is 2.56. The molecule has 1 aromatic rings. The molecule has 0 bridgehead atoms. The molecular formula is C14H20N2O2. The van der Waals surface area contributed by atoms with Gasteiger partial charge < -0.3 is 10.0 Å². The Morgan fingerprint density at radius 2 is 2.00 bits per heavy atom. The Morgan fingerprint density at radius 3 is 2.61 bits per heavy atom. The third-order valence-electron chi connectivity index (χ3n) is 3.85. The van der Waals surface area contributed by atoms with Gasteiger partial charge in [0.05, 0.1) is 0 Å². The number of carboxylic acid groups (broad SMARTS) is 1. The van der Waals surface area contributed by atoms with Crippen LogP contribution >= 0.6 is 0 Å². The molecule has 0 unspecified atom stereocenters. The summed E-state index contributed by atoms with van der Waals surface area (Å²) in [6, 6.07) is 5.65. The average Bonchev–Trinajstić information content (AvgIpc) is 2.39. The number of hydrogen-bond acceptors (Lipinski definition) is 3. The smallest absolute Gasteiger partial charge is 0.354 e. The second-order valence-electron chi connectivity index (χ2n) is 5.21. The number of carbonyl (C=O) groups is 1. The number of aromatic nitrogens is 1. The van der Waals surface area contributed by atoms with E-state index in [9.17, 15) is 4.79 Å². The highest BCUT2D eigenvalue weighted by Gasteiger charge is 2.22. The molecule has 1 saturated carbocycles. The molecule has 1 aromatic heterocycles. The van der Waals surface area contributed by atoms with Crippen molar-refractivity contribution in [1.82, 2.24) is 4.98 Å². The Kier molecular flexibility index (Phi) is 3.84. The van der Waals surface area contributed by atoms with E-state index in [1.165, 1.54) is 18.9 Å². The van der Waals surface area contributed by atoms with Gasteiger partial charge in [0.25, 0.3) is 0 Å². The first kappa shape index (κ1) is 12.9. The van der Waals surface area contributed by atoms with Crippen molar-refractivity contribution in [2.75, 3.05) is 11.9 Å². The van der Waals surface area contributed by atoms with Gasteiger partial charge in [-0.2, -0.15) is 0 Å². The normalized spacial score (nSPS) is 23.7. The van der Waals surface area contributed by atoms with Crippen LogP contribution in [0.3, 0.4) is 0 Å². The lowest BCUT2D eigenvalue weighted by molar-refractivity contribution is 0.0690. The maximum Gasteiger partial charge on any atom is 0.354 e. The quantitative estimate of drug-likeness (QED) is 0.893. The van der Waals surface area contributed by atoms with Crippen LogP contribution in [0.25, 0.3) is 0 Å². The molecule has 2 rings (SSSR count). The molecule has 1 aliphatic carbocycles. The first-order valence-corrected chi connectivity index (χ1v) is 6.51. The van der Waals surface area contributed by atoms with Crippen molar-refractivity contribution in [3.63, 3.8) is 0 Å². The Labute approximate surface area is 108 Å².